The third kappa shape index (κ3) is 3.73. The number of ether oxygens (including phenoxy) is 1. The zero-order valence-electron chi connectivity index (χ0n) is 11.8. The summed E-state index contributed by atoms with van der Waals surface area (Å²) < 4.78 is 7.89. The monoisotopic (exact) mass is 251 g/mol. The quantitative estimate of drug-likeness (QED) is 0.845. The van der Waals surface area contributed by atoms with Crippen LogP contribution in [0.15, 0.2) is 6.20 Å². The standard InChI is InChI=1S/C14H25N3O/c1-11(2)9-15-14-16-12(3)10-17(14)7-6-13-5-4-8-18-13/h10-11,13H,4-9H2,1-3H3,(H,15,16). The summed E-state index contributed by atoms with van der Waals surface area (Å²) in [5, 5.41) is 3.42. The number of nitrogens with one attached hydrogen (secondary N) is 1. The van der Waals surface area contributed by atoms with E-state index in [0.717, 1.165) is 37.8 Å². The molecule has 1 saturated heterocycles. The fourth-order valence-corrected chi connectivity index (χ4v) is 2.31. The van der Waals surface area contributed by atoms with Gasteiger partial charge in [0.25, 0.3) is 0 Å². The maximum Gasteiger partial charge on any atom is 0.203 e. The summed E-state index contributed by atoms with van der Waals surface area (Å²) in [6.45, 7) is 9.36. The highest BCUT2D eigenvalue weighted by atomic mass is 16.5. The predicted octanol–water partition coefficient (Wildman–Crippen LogP) is 2.83. The van der Waals surface area contributed by atoms with E-state index in [0.29, 0.717) is 12.0 Å². The second-order valence-electron chi connectivity index (χ2n) is 5.60. The Morgan fingerprint density at radius 2 is 2.39 bits per heavy atom. The molecular formula is C14H25N3O. The third-order valence-corrected chi connectivity index (χ3v) is 3.28. The lowest BCUT2D eigenvalue weighted by Gasteiger charge is -2.13. The Morgan fingerprint density at radius 1 is 1.56 bits per heavy atom. The number of anilines is 1. The Morgan fingerprint density at radius 3 is 3.06 bits per heavy atom. The van der Waals surface area contributed by atoms with E-state index < -0.39 is 0 Å². The lowest BCUT2D eigenvalue weighted by atomic mass is 10.2. The number of rotatable bonds is 6. The summed E-state index contributed by atoms with van der Waals surface area (Å²) in [5.41, 5.74) is 1.08. The normalized spacial score (nSPS) is 19.7. The highest BCUT2D eigenvalue weighted by molar-refractivity contribution is 5.28. The lowest BCUT2D eigenvalue weighted by molar-refractivity contribution is 0.100. The summed E-state index contributed by atoms with van der Waals surface area (Å²) in [7, 11) is 0. The summed E-state index contributed by atoms with van der Waals surface area (Å²) >= 11 is 0. The molecule has 0 saturated carbocycles. The second kappa shape index (κ2) is 6.23. The molecule has 1 N–H and O–H groups in total. The van der Waals surface area contributed by atoms with Crippen LogP contribution in [0.1, 0.15) is 38.8 Å². The average Bonchev–Trinajstić information content (AvgIpc) is 2.92. The predicted molar refractivity (Wildman–Crippen MR) is 73.9 cm³/mol. The van der Waals surface area contributed by atoms with Crippen LogP contribution in [0.5, 0.6) is 0 Å². The van der Waals surface area contributed by atoms with E-state index in [2.05, 4.69) is 34.9 Å². The average molecular weight is 251 g/mol. The minimum Gasteiger partial charge on any atom is -0.378 e. The van der Waals surface area contributed by atoms with Gasteiger partial charge in [-0.25, -0.2) is 4.98 Å². The molecule has 2 rings (SSSR count). The van der Waals surface area contributed by atoms with Crippen molar-refractivity contribution in [3.05, 3.63) is 11.9 Å². The van der Waals surface area contributed by atoms with Crippen LogP contribution in [0, 0.1) is 12.8 Å². The SMILES string of the molecule is Cc1cn(CCC2CCCO2)c(NCC(C)C)n1. The van der Waals surface area contributed by atoms with Gasteiger partial charge in [0.15, 0.2) is 0 Å². The van der Waals surface area contributed by atoms with Crippen LogP contribution < -0.4 is 5.32 Å². The Bertz CT molecular complexity index is 367. The van der Waals surface area contributed by atoms with Crippen molar-refractivity contribution in [1.82, 2.24) is 9.55 Å². The van der Waals surface area contributed by atoms with Gasteiger partial charge < -0.3 is 14.6 Å². The molecule has 1 unspecified atom stereocenters. The van der Waals surface area contributed by atoms with Gasteiger partial charge >= 0.3 is 0 Å². The molecule has 0 bridgehead atoms. The van der Waals surface area contributed by atoms with E-state index in [1.54, 1.807) is 0 Å². The van der Waals surface area contributed by atoms with Crippen LogP contribution >= 0.6 is 0 Å². The van der Waals surface area contributed by atoms with Crippen molar-refractivity contribution >= 4 is 5.95 Å². The molecule has 1 aromatic rings. The van der Waals surface area contributed by atoms with Gasteiger partial charge in [-0.3, -0.25) is 0 Å². The topological polar surface area (TPSA) is 39.1 Å². The number of hydrogen-bond acceptors (Lipinski definition) is 3. The van der Waals surface area contributed by atoms with Gasteiger partial charge in [-0.15, -0.1) is 0 Å². The molecule has 1 aliphatic heterocycles. The molecular weight excluding hydrogens is 226 g/mol. The number of imidazole rings is 1. The van der Waals surface area contributed by atoms with Crippen LogP contribution in [-0.2, 0) is 11.3 Å². The maximum atomic E-state index is 5.67. The van der Waals surface area contributed by atoms with E-state index in [9.17, 15) is 0 Å². The van der Waals surface area contributed by atoms with E-state index in [-0.39, 0.29) is 0 Å². The lowest BCUT2D eigenvalue weighted by Crippen LogP contribution is -2.15. The largest absolute Gasteiger partial charge is 0.378 e. The molecule has 1 aromatic heterocycles. The molecule has 4 heteroatoms. The first-order chi connectivity index (χ1) is 8.65. The molecule has 0 aliphatic carbocycles. The van der Waals surface area contributed by atoms with Crippen molar-refractivity contribution in [3.8, 4) is 0 Å². The van der Waals surface area contributed by atoms with E-state index in [1.807, 2.05) is 6.92 Å². The van der Waals surface area contributed by atoms with Crippen molar-refractivity contribution in [2.75, 3.05) is 18.5 Å². The van der Waals surface area contributed by atoms with Crippen LogP contribution in [0.2, 0.25) is 0 Å². The minimum atomic E-state index is 0.450. The molecule has 0 radical (unpaired) electrons. The van der Waals surface area contributed by atoms with Crippen LogP contribution in [0.25, 0.3) is 0 Å². The molecule has 0 amide bonds. The number of hydrogen-bond donors (Lipinski definition) is 1. The van der Waals surface area contributed by atoms with Crippen LogP contribution in [0.3, 0.4) is 0 Å². The van der Waals surface area contributed by atoms with Crippen LogP contribution in [-0.4, -0.2) is 28.8 Å². The highest BCUT2D eigenvalue weighted by Crippen LogP contribution is 2.18. The molecule has 102 valence electrons. The smallest absolute Gasteiger partial charge is 0.203 e. The molecule has 0 aromatic carbocycles. The van der Waals surface area contributed by atoms with Crippen molar-refractivity contribution in [2.45, 2.75) is 52.7 Å². The Labute approximate surface area is 110 Å². The Kier molecular flexibility index (Phi) is 4.64. The molecule has 2 heterocycles. The van der Waals surface area contributed by atoms with Gasteiger partial charge in [0, 0.05) is 25.9 Å². The van der Waals surface area contributed by atoms with Crippen molar-refractivity contribution in [3.63, 3.8) is 0 Å². The Balaban J connectivity index is 1.89. The molecule has 1 fully saturated rings. The highest BCUT2D eigenvalue weighted by Gasteiger charge is 2.16. The maximum absolute atomic E-state index is 5.67. The molecule has 18 heavy (non-hydrogen) atoms. The van der Waals surface area contributed by atoms with Gasteiger partial charge in [-0.2, -0.15) is 0 Å². The molecule has 0 spiro atoms. The van der Waals surface area contributed by atoms with E-state index in [4.69, 9.17) is 4.74 Å². The fourth-order valence-electron chi connectivity index (χ4n) is 2.31. The van der Waals surface area contributed by atoms with Crippen molar-refractivity contribution < 1.29 is 4.74 Å². The van der Waals surface area contributed by atoms with E-state index >= 15 is 0 Å². The van der Waals surface area contributed by atoms with Crippen molar-refractivity contribution in [2.24, 2.45) is 5.92 Å². The third-order valence-electron chi connectivity index (χ3n) is 3.28. The zero-order valence-corrected chi connectivity index (χ0v) is 11.8. The van der Waals surface area contributed by atoms with Gasteiger partial charge in [0.1, 0.15) is 0 Å². The summed E-state index contributed by atoms with van der Waals surface area (Å²) in [5.74, 6) is 1.63. The zero-order chi connectivity index (χ0) is 13.0. The summed E-state index contributed by atoms with van der Waals surface area (Å²) in [6.07, 6.45) is 6.09. The van der Waals surface area contributed by atoms with Crippen LogP contribution in [0.4, 0.5) is 5.95 Å². The number of aromatic nitrogens is 2. The molecule has 1 atom stereocenters. The first-order valence-electron chi connectivity index (χ1n) is 7.04. The summed E-state index contributed by atoms with van der Waals surface area (Å²) in [6, 6.07) is 0. The number of nitrogens with zero attached hydrogens (tertiary/aromatic N) is 2. The van der Waals surface area contributed by atoms with E-state index in [1.165, 1.54) is 12.8 Å². The number of aryl methyl sites for hydroxylation is 2. The fraction of sp³-hybridized carbons (Fsp3) is 0.786. The second-order valence-corrected chi connectivity index (χ2v) is 5.60. The molecule has 4 nitrogen and oxygen atoms in total. The Hall–Kier alpha value is -1.03. The van der Waals surface area contributed by atoms with Crippen molar-refractivity contribution in [1.29, 1.82) is 0 Å². The van der Waals surface area contributed by atoms with Gasteiger partial charge in [-0.1, -0.05) is 13.8 Å². The van der Waals surface area contributed by atoms with Gasteiger partial charge in [-0.05, 0) is 32.1 Å². The first kappa shape index (κ1) is 13.4. The summed E-state index contributed by atoms with van der Waals surface area (Å²) in [4.78, 5) is 4.54. The van der Waals surface area contributed by atoms with Gasteiger partial charge in [0.05, 0.1) is 11.8 Å². The van der Waals surface area contributed by atoms with Gasteiger partial charge in [0.2, 0.25) is 5.95 Å². The molecule has 1 aliphatic rings. The first-order valence-corrected chi connectivity index (χ1v) is 7.04. The minimum absolute atomic E-state index is 0.450.